The Bertz CT molecular complexity index is 664. The van der Waals surface area contributed by atoms with Crippen LogP contribution in [0, 0.1) is 15.9 Å². The zero-order chi connectivity index (χ0) is 14.7. The van der Waals surface area contributed by atoms with Crippen LogP contribution in [0.5, 0.6) is 5.75 Å². The molecule has 0 atom stereocenters. The summed E-state index contributed by atoms with van der Waals surface area (Å²) >= 11 is 5.66. The Kier molecular flexibility index (Phi) is 4.05. The molecule has 2 aromatic carbocycles. The summed E-state index contributed by atoms with van der Waals surface area (Å²) in [4.78, 5) is 10.5. The summed E-state index contributed by atoms with van der Waals surface area (Å²) in [6.07, 6.45) is 0. The highest BCUT2D eigenvalue weighted by atomic mass is 35.5. The van der Waals surface area contributed by atoms with E-state index in [2.05, 4.69) is 5.32 Å². The van der Waals surface area contributed by atoms with E-state index in [4.69, 9.17) is 16.3 Å². The van der Waals surface area contributed by atoms with Gasteiger partial charge in [-0.1, -0.05) is 11.6 Å². The van der Waals surface area contributed by atoms with Crippen molar-refractivity contribution in [2.75, 3.05) is 12.4 Å². The van der Waals surface area contributed by atoms with Crippen molar-refractivity contribution in [3.63, 3.8) is 0 Å². The summed E-state index contributed by atoms with van der Waals surface area (Å²) in [7, 11) is 1.42. The highest BCUT2D eigenvalue weighted by Crippen LogP contribution is 2.32. The molecule has 2 rings (SSSR count). The zero-order valence-electron chi connectivity index (χ0n) is 10.4. The third-order valence-corrected chi connectivity index (χ3v) is 2.89. The number of benzene rings is 2. The maximum absolute atomic E-state index is 13.1. The third kappa shape index (κ3) is 2.97. The lowest BCUT2D eigenvalue weighted by molar-refractivity contribution is -0.384. The van der Waals surface area contributed by atoms with Crippen LogP contribution in [0.4, 0.5) is 21.5 Å². The summed E-state index contributed by atoms with van der Waals surface area (Å²) < 4.78 is 18.0. The number of nitro groups is 1. The van der Waals surface area contributed by atoms with Crippen LogP contribution in [0.15, 0.2) is 36.4 Å². The van der Waals surface area contributed by atoms with Gasteiger partial charge in [-0.2, -0.15) is 0 Å². The predicted octanol–water partition coefficient (Wildman–Crippen LogP) is 4.14. The average molecular weight is 297 g/mol. The van der Waals surface area contributed by atoms with Gasteiger partial charge in [0, 0.05) is 5.69 Å². The van der Waals surface area contributed by atoms with E-state index >= 15 is 0 Å². The molecule has 104 valence electrons. The number of halogens is 2. The summed E-state index contributed by atoms with van der Waals surface area (Å²) in [5.41, 5.74) is 0.563. The Morgan fingerprint density at radius 2 is 2.05 bits per heavy atom. The van der Waals surface area contributed by atoms with Crippen molar-refractivity contribution in [3.8, 4) is 5.75 Å². The maximum atomic E-state index is 13.1. The minimum atomic E-state index is -0.554. The molecule has 0 bridgehead atoms. The molecule has 0 heterocycles. The quantitative estimate of drug-likeness (QED) is 0.680. The normalized spacial score (nSPS) is 10.2. The number of anilines is 2. The monoisotopic (exact) mass is 296 g/mol. The molecular weight excluding hydrogens is 287 g/mol. The van der Waals surface area contributed by atoms with Gasteiger partial charge in [0.25, 0.3) is 5.69 Å². The largest absolute Gasteiger partial charge is 0.496 e. The molecule has 0 aliphatic carbocycles. The molecule has 0 aromatic heterocycles. The van der Waals surface area contributed by atoms with Crippen molar-refractivity contribution in [1.29, 1.82) is 0 Å². The zero-order valence-corrected chi connectivity index (χ0v) is 11.1. The second-order valence-electron chi connectivity index (χ2n) is 3.89. The maximum Gasteiger partial charge on any atom is 0.296 e. The van der Waals surface area contributed by atoms with E-state index in [1.807, 2.05) is 0 Å². The fourth-order valence-electron chi connectivity index (χ4n) is 1.62. The van der Waals surface area contributed by atoms with Gasteiger partial charge in [-0.3, -0.25) is 10.1 Å². The molecule has 1 N–H and O–H groups in total. The molecule has 5 nitrogen and oxygen atoms in total. The first kappa shape index (κ1) is 14.1. The molecule has 0 radical (unpaired) electrons. The van der Waals surface area contributed by atoms with Gasteiger partial charge >= 0.3 is 0 Å². The fraction of sp³-hybridized carbons (Fsp3) is 0.0769. The second kappa shape index (κ2) is 5.75. The van der Waals surface area contributed by atoms with E-state index in [1.165, 1.54) is 37.4 Å². The number of ether oxygens (including phenoxy) is 1. The van der Waals surface area contributed by atoms with E-state index < -0.39 is 10.7 Å². The molecule has 20 heavy (non-hydrogen) atoms. The molecule has 0 unspecified atom stereocenters. The molecule has 2 aromatic rings. The first-order chi connectivity index (χ1) is 9.51. The number of methoxy groups -OCH3 is 1. The lowest BCUT2D eigenvalue weighted by Gasteiger charge is -2.09. The molecule has 7 heteroatoms. The average Bonchev–Trinajstić information content (AvgIpc) is 2.43. The number of hydrogen-bond acceptors (Lipinski definition) is 4. The Hall–Kier alpha value is -2.34. The Morgan fingerprint density at radius 3 is 2.65 bits per heavy atom. The molecule has 0 fully saturated rings. The summed E-state index contributed by atoms with van der Waals surface area (Å²) in [5.74, 6) is -0.180. The van der Waals surface area contributed by atoms with Crippen molar-refractivity contribution in [3.05, 3.63) is 57.4 Å². The van der Waals surface area contributed by atoms with E-state index in [1.54, 1.807) is 6.07 Å². The topological polar surface area (TPSA) is 64.4 Å². The standard InChI is InChI=1S/C13H10ClFN2O3/c1-20-9-3-5-12(13(7-9)17(18)19)16-8-2-4-11(15)10(14)6-8/h2-7,16H,1H3. The Labute approximate surface area is 119 Å². The van der Waals surface area contributed by atoms with Gasteiger partial charge in [-0.05, 0) is 30.3 Å². The van der Waals surface area contributed by atoms with Gasteiger partial charge in [0.2, 0.25) is 0 Å². The smallest absolute Gasteiger partial charge is 0.296 e. The first-order valence-corrected chi connectivity index (χ1v) is 5.93. The van der Waals surface area contributed by atoms with Crippen LogP contribution in [0.1, 0.15) is 0 Å². The lowest BCUT2D eigenvalue weighted by atomic mass is 10.2. The van der Waals surface area contributed by atoms with Crippen LogP contribution in [0.3, 0.4) is 0 Å². The molecule has 0 aliphatic rings. The molecule has 0 aliphatic heterocycles. The minimum Gasteiger partial charge on any atom is -0.496 e. The Morgan fingerprint density at radius 1 is 1.30 bits per heavy atom. The number of nitrogens with zero attached hydrogens (tertiary/aromatic N) is 1. The van der Waals surface area contributed by atoms with Crippen LogP contribution in [0.2, 0.25) is 5.02 Å². The van der Waals surface area contributed by atoms with Crippen molar-refractivity contribution in [2.24, 2.45) is 0 Å². The van der Waals surface area contributed by atoms with Gasteiger partial charge < -0.3 is 10.1 Å². The van der Waals surface area contributed by atoms with Crippen LogP contribution in [-0.2, 0) is 0 Å². The van der Waals surface area contributed by atoms with Crippen molar-refractivity contribution in [1.82, 2.24) is 0 Å². The summed E-state index contributed by atoms with van der Waals surface area (Å²) in [6.45, 7) is 0. The molecule has 0 amide bonds. The van der Waals surface area contributed by atoms with Crippen LogP contribution < -0.4 is 10.1 Å². The molecule has 0 saturated carbocycles. The Balaban J connectivity index is 2.37. The molecular formula is C13H10ClFN2O3. The van der Waals surface area contributed by atoms with E-state index in [0.717, 1.165) is 0 Å². The SMILES string of the molecule is COc1ccc(Nc2ccc(F)c(Cl)c2)c([N+](=O)[O-])c1. The molecule has 0 saturated heterocycles. The van der Waals surface area contributed by atoms with Gasteiger partial charge in [0.15, 0.2) is 0 Å². The van der Waals surface area contributed by atoms with E-state index in [-0.39, 0.29) is 16.4 Å². The highest BCUT2D eigenvalue weighted by Gasteiger charge is 2.15. The third-order valence-electron chi connectivity index (χ3n) is 2.60. The van der Waals surface area contributed by atoms with Crippen molar-refractivity contribution in [2.45, 2.75) is 0 Å². The van der Waals surface area contributed by atoms with Crippen molar-refractivity contribution < 1.29 is 14.1 Å². The number of rotatable bonds is 4. The van der Waals surface area contributed by atoms with Crippen molar-refractivity contribution >= 4 is 28.7 Å². The van der Waals surface area contributed by atoms with Crippen LogP contribution >= 0.6 is 11.6 Å². The van der Waals surface area contributed by atoms with Gasteiger partial charge in [-0.15, -0.1) is 0 Å². The first-order valence-electron chi connectivity index (χ1n) is 5.56. The number of nitrogens with one attached hydrogen (secondary N) is 1. The van der Waals surface area contributed by atoms with E-state index in [0.29, 0.717) is 11.4 Å². The minimum absolute atomic E-state index is 0.0637. The van der Waals surface area contributed by atoms with Crippen LogP contribution in [-0.4, -0.2) is 12.0 Å². The summed E-state index contributed by atoms with van der Waals surface area (Å²) in [5, 5.41) is 13.8. The fourth-order valence-corrected chi connectivity index (χ4v) is 1.81. The lowest BCUT2D eigenvalue weighted by Crippen LogP contribution is -1.98. The number of hydrogen-bond donors (Lipinski definition) is 1. The van der Waals surface area contributed by atoms with Gasteiger partial charge in [0.05, 0.1) is 23.1 Å². The van der Waals surface area contributed by atoms with Crippen LogP contribution in [0.25, 0.3) is 0 Å². The predicted molar refractivity (Wildman–Crippen MR) is 74.3 cm³/mol. The van der Waals surface area contributed by atoms with Gasteiger partial charge in [-0.25, -0.2) is 4.39 Å². The second-order valence-corrected chi connectivity index (χ2v) is 4.30. The van der Waals surface area contributed by atoms with E-state index in [9.17, 15) is 14.5 Å². The summed E-state index contributed by atoms with van der Waals surface area (Å²) in [6, 6.07) is 8.36. The van der Waals surface area contributed by atoms with Gasteiger partial charge in [0.1, 0.15) is 17.3 Å². The number of nitro benzene ring substituents is 1. The highest BCUT2D eigenvalue weighted by molar-refractivity contribution is 6.31. The molecule has 0 spiro atoms.